The molecule has 1 atom stereocenters. The molecule has 5 nitrogen and oxygen atoms in total. The monoisotopic (exact) mass is 550 g/mol. The summed E-state index contributed by atoms with van der Waals surface area (Å²) in [5, 5.41) is 13.4. The molecule has 2 aromatic carbocycles. The lowest BCUT2D eigenvalue weighted by Gasteiger charge is -2.35. The summed E-state index contributed by atoms with van der Waals surface area (Å²) >= 11 is 7.21. The first-order valence-corrected chi connectivity index (χ1v) is 12.8. The number of aromatic nitrogens is 1. The topological polar surface area (TPSA) is 57.7 Å². The first-order valence-electron chi connectivity index (χ1n) is 11.2. The number of fused-ring (bicyclic) bond motifs is 3. The molecule has 1 saturated heterocycles. The van der Waals surface area contributed by atoms with Gasteiger partial charge in [-0.25, -0.2) is 0 Å². The molecule has 1 aromatic heterocycles. The maximum absolute atomic E-state index is 11.0. The molecular formula is C24H32Br2N4O. The van der Waals surface area contributed by atoms with E-state index in [4.69, 9.17) is 5.73 Å². The predicted octanol–water partition coefficient (Wildman–Crippen LogP) is 4.43. The molecule has 1 unspecified atom stereocenters. The molecule has 1 fully saturated rings. The molecule has 3 N–H and O–H groups in total. The van der Waals surface area contributed by atoms with Gasteiger partial charge >= 0.3 is 0 Å². The lowest BCUT2D eigenvalue weighted by atomic mass is 10.2. The van der Waals surface area contributed by atoms with E-state index in [9.17, 15) is 5.11 Å². The number of β-amino-alcohol motifs (C(OH)–C–C–N with tert-alkyl or cyclic N) is 1. The van der Waals surface area contributed by atoms with Crippen molar-refractivity contribution >= 4 is 53.7 Å². The van der Waals surface area contributed by atoms with E-state index in [1.807, 2.05) is 0 Å². The fraction of sp³-hybridized carbons (Fsp3) is 0.500. The Kier molecular flexibility index (Phi) is 8.06. The molecule has 168 valence electrons. The summed E-state index contributed by atoms with van der Waals surface area (Å²) in [5.41, 5.74) is 7.91. The zero-order valence-corrected chi connectivity index (χ0v) is 21.1. The highest BCUT2D eigenvalue weighted by molar-refractivity contribution is 9.10. The fourth-order valence-corrected chi connectivity index (χ4v) is 5.39. The van der Waals surface area contributed by atoms with Crippen molar-refractivity contribution in [3.63, 3.8) is 0 Å². The van der Waals surface area contributed by atoms with Crippen LogP contribution in [-0.2, 0) is 6.54 Å². The van der Waals surface area contributed by atoms with Gasteiger partial charge in [0.05, 0.1) is 12.6 Å². The minimum absolute atomic E-state index is 0.401. The van der Waals surface area contributed by atoms with E-state index in [0.29, 0.717) is 6.54 Å². The molecule has 0 amide bonds. The number of halogens is 2. The van der Waals surface area contributed by atoms with E-state index >= 15 is 0 Å². The van der Waals surface area contributed by atoms with Gasteiger partial charge in [0.15, 0.2) is 0 Å². The number of nitrogens with two attached hydrogens (primary N) is 1. The number of nitrogens with zero attached hydrogens (tertiary/aromatic N) is 3. The Morgan fingerprint density at radius 2 is 1.39 bits per heavy atom. The Bertz CT molecular complexity index is 954. The van der Waals surface area contributed by atoms with Crippen molar-refractivity contribution in [1.82, 2.24) is 14.4 Å². The summed E-state index contributed by atoms with van der Waals surface area (Å²) in [6.45, 7) is 7.52. The summed E-state index contributed by atoms with van der Waals surface area (Å²) in [6.07, 6.45) is 3.19. The largest absolute Gasteiger partial charge is 0.390 e. The highest BCUT2D eigenvalue weighted by Crippen LogP contribution is 2.33. The van der Waals surface area contributed by atoms with Crippen LogP contribution in [0.5, 0.6) is 0 Å². The van der Waals surface area contributed by atoms with Crippen LogP contribution >= 0.6 is 31.9 Å². The molecule has 0 radical (unpaired) electrons. The molecule has 1 aliphatic heterocycles. The van der Waals surface area contributed by atoms with Crippen molar-refractivity contribution in [3.05, 3.63) is 45.3 Å². The van der Waals surface area contributed by atoms with Crippen LogP contribution in [-0.4, -0.2) is 71.4 Å². The molecule has 4 rings (SSSR count). The maximum atomic E-state index is 11.0. The van der Waals surface area contributed by atoms with Gasteiger partial charge in [0.2, 0.25) is 0 Å². The summed E-state index contributed by atoms with van der Waals surface area (Å²) < 4.78 is 4.41. The number of hydrogen-bond donors (Lipinski definition) is 2. The van der Waals surface area contributed by atoms with Crippen molar-refractivity contribution in [1.29, 1.82) is 0 Å². The Morgan fingerprint density at radius 3 is 1.97 bits per heavy atom. The van der Waals surface area contributed by atoms with Crippen LogP contribution in [0.25, 0.3) is 21.8 Å². The minimum Gasteiger partial charge on any atom is -0.390 e. The summed E-state index contributed by atoms with van der Waals surface area (Å²) in [4.78, 5) is 4.95. The summed E-state index contributed by atoms with van der Waals surface area (Å²) in [7, 11) is 0. The number of rotatable bonds is 9. The number of aliphatic hydroxyl groups is 1. The van der Waals surface area contributed by atoms with E-state index in [1.165, 1.54) is 30.2 Å². The van der Waals surface area contributed by atoms with Gasteiger partial charge in [-0.3, -0.25) is 4.90 Å². The predicted molar refractivity (Wildman–Crippen MR) is 137 cm³/mol. The molecule has 31 heavy (non-hydrogen) atoms. The standard InChI is InChI=1S/C24H32Br2N4O/c25-18-4-6-23-21(14-18)22-15-19(26)5-7-24(22)30(23)17-20(31)16-29-12-10-28(11-13-29)9-3-1-2-8-27/h4-7,14-15,20,31H,1-3,8-13,16-17,27H2. The van der Waals surface area contributed by atoms with Gasteiger partial charge < -0.3 is 20.3 Å². The lowest BCUT2D eigenvalue weighted by Crippen LogP contribution is -2.49. The van der Waals surface area contributed by atoms with Crippen LogP contribution in [0.4, 0.5) is 0 Å². The van der Waals surface area contributed by atoms with Crippen LogP contribution in [0.2, 0.25) is 0 Å². The second kappa shape index (κ2) is 10.8. The SMILES string of the molecule is NCCCCCN1CCN(CC(O)Cn2c3ccc(Br)cc3c3cc(Br)ccc32)CC1. The number of benzene rings is 2. The number of unbranched alkanes of at least 4 members (excludes halogenated alkanes) is 2. The number of piperazine rings is 1. The number of hydrogen-bond acceptors (Lipinski definition) is 4. The van der Waals surface area contributed by atoms with E-state index in [-0.39, 0.29) is 0 Å². The fourth-order valence-electron chi connectivity index (χ4n) is 4.66. The van der Waals surface area contributed by atoms with Crippen LogP contribution in [0.1, 0.15) is 19.3 Å². The highest BCUT2D eigenvalue weighted by atomic mass is 79.9. The van der Waals surface area contributed by atoms with Crippen LogP contribution in [0.3, 0.4) is 0 Å². The van der Waals surface area contributed by atoms with Crippen molar-refractivity contribution in [2.75, 3.05) is 45.8 Å². The quantitative estimate of drug-likeness (QED) is 0.386. The Balaban J connectivity index is 1.39. The number of aliphatic hydroxyl groups excluding tert-OH is 1. The Labute approximate surface area is 201 Å². The normalized spacial score (nSPS) is 17.0. The van der Waals surface area contributed by atoms with Gasteiger partial charge in [0, 0.05) is 63.5 Å². The Morgan fingerprint density at radius 1 is 0.806 bits per heavy atom. The van der Waals surface area contributed by atoms with E-state index in [2.05, 4.69) is 82.6 Å². The van der Waals surface area contributed by atoms with Crippen LogP contribution in [0.15, 0.2) is 45.3 Å². The van der Waals surface area contributed by atoms with Gasteiger partial charge in [0.25, 0.3) is 0 Å². The third-order valence-electron chi connectivity index (χ3n) is 6.29. The minimum atomic E-state index is -0.401. The average Bonchev–Trinajstić information content (AvgIpc) is 3.04. The van der Waals surface area contributed by atoms with Gasteiger partial charge in [-0.15, -0.1) is 0 Å². The smallest absolute Gasteiger partial charge is 0.0845 e. The van der Waals surface area contributed by atoms with Gasteiger partial charge in [-0.2, -0.15) is 0 Å². The first kappa shape index (κ1) is 23.2. The molecule has 0 aliphatic carbocycles. The lowest BCUT2D eigenvalue weighted by molar-refractivity contribution is 0.0651. The van der Waals surface area contributed by atoms with Crippen molar-refractivity contribution < 1.29 is 5.11 Å². The van der Waals surface area contributed by atoms with E-state index < -0.39 is 6.10 Å². The molecule has 7 heteroatoms. The van der Waals surface area contributed by atoms with Crippen LogP contribution in [0, 0.1) is 0 Å². The zero-order valence-electron chi connectivity index (χ0n) is 17.9. The van der Waals surface area contributed by atoms with Gasteiger partial charge in [0.1, 0.15) is 0 Å². The highest BCUT2D eigenvalue weighted by Gasteiger charge is 2.20. The summed E-state index contributed by atoms with van der Waals surface area (Å²) in [5.74, 6) is 0. The van der Waals surface area contributed by atoms with E-state index in [0.717, 1.165) is 65.7 Å². The second-order valence-corrected chi connectivity index (χ2v) is 10.4. The maximum Gasteiger partial charge on any atom is 0.0845 e. The van der Waals surface area contributed by atoms with Gasteiger partial charge in [-0.1, -0.05) is 38.3 Å². The third-order valence-corrected chi connectivity index (χ3v) is 7.28. The molecule has 0 bridgehead atoms. The molecule has 1 aliphatic rings. The van der Waals surface area contributed by atoms with E-state index in [1.54, 1.807) is 0 Å². The molecule has 0 saturated carbocycles. The molecule has 3 aromatic rings. The van der Waals surface area contributed by atoms with Crippen LogP contribution < -0.4 is 5.73 Å². The van der Waals surface area contributed by atoms with Gasteiger partial charge in [-0.05, 0) is 62.3 Å². The third kappa shape index (κ3) is 5.70. The van der Waals surface area contributed by atoms with Crippen molar-refractivity contribution in [2.45, 2.75) is 31.9 Å². The molecular weight excluding hydrogens is 520 g/mol. The Hall–Kier alpha value is -0.960. The molecule has 2 heterocycles. The van der Waals surface area contributed by atoms with Crippen molar-refractivity contribution in [3.8, 4) is 0 Å². The second-order valence-electron chi connectivity index (χ2n) is 8.58. The van der Waals surface area contributed by atoms with Crippen molar-refractivity contribution in [2.24, 2.45) is 5.73 Å². The molecule has 0 spiro atoms. The summed E-state index contributed by atoms with van der Waals surface area (Å²) in [6, 6.07) is 12.8. The first-order chi connectivity index (χ1) is 15.0. The average molecular weight is 552 g/mol. The zero-order chi connectivity index (χ0) is 21.8.